The number of aromatic nitrogens is 3. The van der Waals surface area contributed by atoms with Gasteiger partial charge in [-0.25, -0.2) is 14.3 Å². The van der Waals surface area contributed by atoms with Crippen LogP contribution in [0.2, 0.25) is 0 Å². The number of piperidine rings is 1. The number of hydrogen-bond acceptors (Lipinski definition) is 5. The molecule has 39 heavy (non-hydrogen) atoms. The van der Waals surface area contributed by atoms with E-state index in [1.807, 2.05) is 30.3 Å². The topological polar surface area (TPSA) is 97.6 Å². The number of carbonyl (C=O) groups excluding carboxylic acids is 2. The van der Waals surface area contributed by atoms with Crippen LogP contribution < -0.4 is 10.6 Å². The van der Waals surface area contributed by atoms with Crippen molar-refractivity contribution in [3.05, 3.63) is 65.6 Å². The molecule has 3 aromatic rings. The minimum atomic E-state index is -4.35. The summed E-state index contributed by atoms with van der Waals surface area (Å²) in [5, 5.41) is 9.94. The zero-order valence-electron chi connectivity index (χ0n) is 21.3. The summed E-state index contributed by atoms with van der Waals surface area (Å²) < 4.78 is 46.7. The first kappa shape index (κ1) is 25.6. The molecule has 6 rings (SSSR count). The first-order chi connectivity index (χ1) is 18.7. The highest BCUT2D eigenvalue weighted by molar-refractivity contribution is 5.79. The van der Waals surface area contributed by atoms with Gasteiger partial charge >= 0.3 is 12.3 Å². The van der Waals surface area contributed by atoms with Crippen LogP contribution >= 0.6 is 0 Å². The van der Waals surface area contributed by atoms with Crippen LogP contribution in [0.3, 0.4) is 0 Å². The molecule has 206 valence electrons. The molecule has 2 aromatic heterocycles. The highest BCUT2D eigenvalue weighted by Crippen LogP contribution is 2.65. The molecule has 2 amide bonds. The Kier molecular flexibility index (Phi) is 6.47. The predicted octanol–water partition coefficient (Wildman–Crippen LogP) is 4.74. The number of fused-ring (bicyclic) bond motifs is 1. The molecule has 1 aliphatic heterocycles. The van der Waals surface area contributed by atoms with E-state index < -0.39 is 24.1 Å². The summed E-state index contributed by atoms with van der Waals surface area (Å²) in [6.07, 6.45) is 1.18. The lowest BCUT2D eigenvalue weighted by Crippen LogP contribution is -2.47. The molecule has 2 N–H and O–H groups in total. The third-order valence-corrected chi connectivity index (χ3v) is 8.40. The summed E-state index contributed by atoms with van der Waals surface area (Å²) in [6.45, 7) is -0.227. The number of rotatable bonds is 7. The Morgan fingerprint density at radius 3 is 2.67 bits per heavy atom. The predicted molar refractivity (Wildman–Crippen MR) is 134 cm³/mol. The van der Waals surface area contributed by atoms with Crippen molar-refractivity contribution in [2.75, 3.05) is 6.54 Å². The molecule has 3 atom stereocenters. The lowest BCUT2D eigenvalue weighted by molar-refractivity contribution is -0.183. The van der Waals surface area contributed by atoms with Crippen LogP contribution in [0.1, 0.15) is 55.1 Å². The van der Waals surface area contributed by atoms with Gasteiger partial charge in [-0.05, 0) is 61.1 Å². The van der Waals surface area contributed by atoms with Crippen LogP contribution in [0.5, 0.6) is 0 Å². The second kappa shape index (κ2) is 9.84. The molecule has 2 aliphatic carbocycles. The number of nitrogens with one attached hydrogen (secondary N) is 2. The number of halogens is 3. The Bertz CT molecular complexity index is 1360. The maximum Gasteiger partial charge on any atom is 0.408 e. The molecular weight excluding hydrogens is 511 g/mol. The summed E-state index contributed by atoms with van der Waals surface area (Å²) >= 11 is 0. The van der Waals surface area contributed by atoms with Crippen molar-refractivity contribution >= 4 is 17.6 Å². The number of hydrogen-bond donors (Lipinski definition) is 2. The Balaban J connectivity index is 1.17. The number of amides is 2. The number of ether oxygens (including phenoxy) is 1. The van der Waals surface area contributed by atoms with Gasteiger partial charge in [0.25, 0.3) is 0 Å². The number of benzene rings is 1. The van der Waals surface area contributed by atoms with Gasteiger partial charge in [0.05, 0.1) is 29.5 Å². The molecule has 1 unspecified atom stereocenters. The van der Waals surface area contributed by atoms with Crippen LogP contribution in [-0.4, -0.2) is 39.3 Å². The molecule has 11 heteroatoms. The first-order valence-corrected chi connectivity index (χ1v) is 13.3. The van der Waals surface area contributed by atoms with Gasteiger partial charge in [-0.3, -0.25) is 4.79 Å². The number of imidazole rings is 1. The van der Waals surface area contributed by atoms with Crippen molar-refractivity contribution in [1.82, 2.24) is 25.2 Å². The summed E-state index contributed by atoms with van der Waals surface area (Å²) in [4.78, 5) is 29.7. The van der Waals surface area contributed by atoms with E-state index in [-0.39, 0.29) is 43.9 Å². The Labute approximate surface area is 223 Å². The highest BCUT2D eigenvalue weighted by Gasteiger charge is 2.55. The van der Waals surface area contributed by atoms with Crippen molar-refractivity contribution in [2.45, 2.75) is 57.3 Å². The fourth-order valence-corrected chi connectivity index (χ4v) is 5.98. The number of nitrogens with zero attached hydrogens (tertiary/aromatic N) is 3. The Hall–Kier alpha value is -3.63. The third-order valence-electron chi connectivity index (χ3n) is 8.40. The third kappa shape index (κ3) is 5.58. The molecule has 0 radical (unpaired) electrons. The SMILES string of the molecule is O=C(N[C@H](c1cn2nc(CC3C[C@@H](C(F)(F)F)CNC3=O)ccc2n1)C1CC2(CC2)C1)OCc1ccccc1. The molecule has 3 heterocycles. The Morgan fingerprint density at radius 1 is 1.18 bits per heavy atom. The van der Waals surface area contributed by atoms with Gasteiger partial charge in [0, 0.05) is 18.9 Å². The fourth-order valence-electron chi connectivity index (χ4n) is 5.98. The van der Waals surface area contributed by atoms with Gasteiger partial charge < -0.3 is 15.4 Å². The second-order valence-corrected chi connectivity index (χ2v) is 11.3. The summed E-state index contributed by atoms with van der Waals surface area (Å²) in [7, 11) is 0. The van der Waals surface area contributed by atoms with E-state index >= 15 is 0 Å². The number of carbonyl (C=O) groups is 2. The maximum atomic E-state index is 13.2. The largest absolute Gasteiger partial charge is 0.445 e. The molecular formula is C28H30F3N5O3. The molecule has 1 spiro atoms. The minimum absolute atomic E-state index is 0.0977. The molecule has 2 saturated carbocycles. The van der Waals surface area contributed by atoms with E-state index in [0.29, 0.717) is 22.5 Å². The normalized spacial score (nSPS) is 23.2. The van der Waals surface area contributed by atoms with E-state index in [9.17, 15) is 22.8 Å². The highest BCUT2D eigenvalue weighted by atomic mass is 19.4. The van der Waals surface area contributed by atoms with Crippen LogP contribution in [-0.2, 0) is 22.6 Å². The van der Waals surface area contributed by atoms with E-state index in [1.165, 1.54) is 12.8 Å². The first-order valence-electron chi connectivity index (χ1n) is 13.3. The Morgan fingerprint density at radius 2 is 1.95 bits per heavy atom. The van der Waals surface area contributed by atoms with Crippen molar-refractivity contribution in [2.24, 2.45) is 23.2 Å². The van der Waals surface area contributed by atoms with Gasteiger partial charge in [0.1, 0.15) is 6.61 Å². The number of alkyl carbamates (subject to hydrolysis) is 1. The molecule has 3 fully saturated rings. The minimum Gasteiger partial charge on any atom is -0.445 e. The van der Waals surface area contributed by atoms with Crippen LogP contribution in [0.4, 0.5) is 18.0 Å². The molecule has 1 aromatic carbocycles. The van der Waals surface area contributed by atoms with Crippen LogP contribution in [0.15, 0.2) is 48.7 Å². The van der Waals surface area contributed by atoms with Crippen molar-refractivity contribution < 1.29 is 27.5 Å². The summed E-state index contributed by atoms with van der Waals surface area (Å²) in [5.41, 5.74) is 3.02. The standard InChI is InChI=1S/C28H30F3N5O3/c29-28(30,31)20-10-18(25(37)32-14-20)11-21-6-7-23-33-22(15-36(23)35-21)24(19-12-27(13-19)8-9-27)34-26(38)39-16-17-4-2-1-3-5-17/h1-7,15,18-20,24H,8-14,16H2,(H,32,37)(H,34,38)/t18?,20-,24+/m1/s1. The quantitative estimate of drug-likeness (QED) is 0.450. The summed E-state index contributed by atoms with van der Waals surface area (Å²) in [6, 6.07) is 12.5. The monoisotopic (exact) mass is 541 g/mol. The second-order valence-electron chi connectivity index (χ2n) is 11.3. The fraction of sp³-hybridized carbons (Fsp3) is 0.500. The number of alkyl halides is 3. The lowest BCUT2D eigenvalue weighted by Gasteiger charge is -2.40. The van der Waals surface area contributed by atoms with Crippen molar-refractivity contribution in [1.29, 1.82) is 0 Å². The van der Waals surface area contributed by atoms with Crippen molar-refractivity contribution in [3.63, 3.8) is 0 Å². The molecule has 1 saturated heterocycles. The van der Waals surface area contributed by atoms with E-state index in [1.54, 1.807) is 22.8 Å². The van der Waals surface area contributed by atoms with Gasteiger partial charge in [-0.2, -0.15) is 18.3 Å². The summed E-state index contributed by atoms with van der Waals surface area (Å²) in [5.74, 6) is -2.53. The average molecular weight is 542 g/mol. The maximum absolute atomic E-state index is 13.2. The zero-order valence-corrected chi connectivity index (χ0v) is 21.3. The van der Waals surface area contributed by atoms with E-state index in [4.69, 9.17) is 9.72 Å². The van der Waals surface area contributed by atoms with Crippen LogP contribution in [0, 0.1) is 23.2 Å². The smallest absolute Gasteiger partial charge is 0.408 e. The lowest BCUT2D eigenvalue weighted by atomic mass is 9.68. The van der Waals surface area contributed by atoms with E-state index in [2.05, 4.69) is 15.7 Å². The van der Waals surface area contributed by atoms with E-state index in [0.717, 1.165) is 18.4 Å². The molecule has 3 aliphatic rings. The van der Waals surface area contributed by atoms with Crippen LogP contribution in [0.25, 0.3) is 5.65 Å². The van der Waals surface area contributed by atoms with Gasteiger partial charge in [0.15, 0.2) is 5.65 Å². The van der Waals surface area contributed by atoms with Gasteiger partial charge in [0.2, 0.25) is 5.91 Å². The molecule has 0 bridgehead atoms. The zero-order chi connectivity index (χ0) is 27.2. The molecule has 8 nitrogen and oxygen atoms in total. The van der Waals surface area contributed by atoms with Gasteiger partial charge in [-0.15, -0.1) is 0 Å². The van der Waals surface area contributed by atoms with Gasteiger partial charge in [-0.1, -0.05) is 30.3 Å². The van der Waals surface area contributed by atoms with Crippen molar-refractivity contribution in [3.8, 4) is 0 Å². The average Bonchev–Trinajstić information content (AvgIpc) is 3.59.